The molecule has 23 heavy (non-hydrogen) atoms. The molecule has 130 valence electrons. The fourth-order valence-corrected chi connectivity index (χ4v) is 2.89. The van der Waals surface area contributed by atoms with Crippen molar-refractivity contribution < 1.29 is 33.8 Å². The lowest BCUT2D eigenvalue weighted by molar-refractivity contribution is -0.0934. The predicted molar refractivity (Wildman–Crippen MR) is 74.4 cm³/mol. The molecular weight excluding hydrogens is 335 g/mol. The van der Waals surface area contributed by atoms with Gasteiger partial charge in [-0.1, -0.05) is 0 Å². The normalized spacial score (nSPS) is 31.4. The van der Waals surface area contributed by atoms with Gasteiger partial charge in [-0.25, -0.2) is 9.36 Å². The Morgan fingerprint density at radius 3 is 2.65 bits per heavy atom. The summed E-state index contributed by atoms with van der Waals surface area (Å²) >= 11 is 0. The highest BCUT2D eigenvalue weighted by Gasteiger charge is 2.53. The molecule has 1 aromatic rings. The molecule has 0 bridgehead atoms. The maximum atomic E-state index is 11.8. The van der Waals surface area contributed by atoms with Gasteiger partial charge in [0.1, 0.15) is 5.60 Å². The minimum absolute atomic E-state index is 0.573. The summed E-state index contributed by atoms with van der Waals surface area (Å²) < 4.78 is 21.5. The molecule has 0 spiro atoms. The van der Waals surface area contributed by atoms with E-state index in [1.807, 2.05) is 4.98 Å². The van der Waals surface area contributed by atoms with Gasteiger partial charge in [-0.15, -0.1) is 0 Å². The van der Waals surface area contributed by atoms with Gasteiger partial charge in [0.05, 0.1) is 19.3 Å². The van der Waals surface area contributed by atoms with E-state index in [1.54, 1.807) is 0 Å². The van der Waals surface area contributed by atoms with Crippen LogP contribution in [0, 0.1) is 5.92 Å². The van der Waals surface area contributed by atoms with Crippen molar-refractivity contribution in [3.63, 3.8) is 0 Å². The maximum absolute atomic E-state index is 11.8. The Kier molecular flexibility index (Phi) is 4.92. The zero-order chi connectivity index (χ0) is 17.4. The van der Waals surface area contributed by atoms with E-state index in [-0.39, 0.29) is 0 Å². The van der Waals surface area contributed by atoms with E-state index in [0.29, 0.717) is 0 Å². The zero-order valence-electron chi connectivity index (χ0n) is 12.0. The van der Waals surface area contributed by atoms with Crippen LogP contribution in [0.5, 0.6) is 0 Å². The van der Waals surface area contributed by atoms with E-state index < -0.39 is 56.1 Å². The number of nitrogens with one attached hydrogen (secondary N) is 1. The number of aromatic amines is 1. The summed E-state index contributed by atoms with van der Waals surface area (Å²) in [6, 6.07) is 1.05. The predicted octanol–water partition coefficient (Wildman–Crippen LogP) is -2.10. The molecule has 0 radical (unpaired) electrons. The van der Waals surface area contributed by atoms with Crippen LogP contribution in [0.2, 0.25) is 0 Å². The number of hydrogen-bond acceptors (Lipinski definition) is 7. The third-order valence-electron chi connectivity index (χ3n) is 3.71. The molecule has 4 atom stereocenters. The summed E-state index contributed by atoms with van der Waals surface area (Å²) in [5, 5.41) is 20.0. The first-order valence-electron chi connectivity index (χ1n) is 6.56. The maximum Gasteiger partial charge on any atom is 0.469 e. The zero-order valence-corrected chi connectivity index (χ0v) is 12.9. The first-order chi connectivity index (χ1) is 10.6. The average Bonchev–Trinajstić information content (AvgIpc) is 2.66. The molecule has 1 aromatic heterocycles. The second kappa shape index (κ2) is 6.29. The number of phosphoric ester groups is 1. The van der Waals surface area contributed by atoms with Crippen LogP contribution >= 0.6 is 7.82 Å². The number of hydrogen-bond donors (Lipinski definition) is 5. The lowest BCUT2D eigenvalue weighted by Gasteiger charge is -2.29. The number of aliphatic hydroxyl groups excluding tert-OH is 1. The van der Waals surface area contributed by atoms with Gasteiger partial charge < -0.3 is 24.7 Å². The number of aromatic nitrogens is 2. The fourth-order valence-electron chi connectivity index (χ4n) is 2.55. The van der Waals surface area contributed by atoms with Crippen molar-refractivity contribution in [1.82, 2.24) is 9.55 Å². The van der Waals surface area contributed by atoms with Crippen LogP contribution in [0.25, 0.3) is 0 Å². The first-order valence-corrected chi connectivity index (χ1v) is 8.09. The lowest BCUT2D eigenvalue weighted by atomic mass is 9.87. The summed E-state index contributed by atoms with van der Waals surface area (Å²) in [5.74, 6) is -0.974. The standard InChI is InChI=1S/C11H17N2O9P/c1-11(17)6(4-14)7(5-21-23(18,19)20)22-9(11)13-3-2-8(15)12-10(13)16/h2-3,6-7,9,14,17H,4-5H2,1H3,(H,12,15,16)(H2,18,19,20)/t6?,7-,9-,11?/m1/s1. The number of aliphatic hydroxyl groups is 2. The molecule has 0 aromatic carbocycles. The van der Waals surface area contributed by atoms with E-state index >= 15 is 0 Å². The van der Waals surface area contributed by atoms with E-state index in [9.17, 15) is 24.4 Å². The van der Waals surface area contributed by atoms with Crippen molar-refractivity contribution in [1.29, 1.82) is 0 Å². The molecule has 2 unspecified atom stereocenters. The summed E-state index contributed by atoms with van der Waals surface area (Å²) in [6.45, 7) is 0.130. The Morgan fingerprint density at radius 1 is 1.48 bits per heavy atom. The molecule has 0 amide bonds. The van der Waals surface area contributed by atoms with Gasteiger partial charge in [-0.2, -0.15) is 0 Å². The van der Waals surface area contributed by atoms with E-state index in [0.717, 1.165) is 16.8 Å². The Balaban J connectivity index is 2.32. The summed E-state index contributed by atoms with van der Waals surface area (Å²) in [5.41, 5.74) is -3.22. The molecule has 1 aliphatic heterocycles. The third-order valence-corrected chi connectivity index (χ3v) is 4.20. The van der Waals surface area contributed by atoms with Gasteiger partial charge >= 0.3 is 13.5 Å². The summed E-state index contributed by atoms with van der Waals surface area (Å²) in [6.07, 6.45) is -1.25. The van der Waals surface area contributed by atoms with Crippen molar-refractivity contribution in [2.75, 3.05) is 13.2 Å². The van der Waals surface area contributed by atoms with Crippen LogP contribution in [-0.4, -0.2) is 54.5 Å². The van der Waals surface area contributed by atoms with Crippen LogP contribution in [0.15, 0.2) is 21.9 Å². The van der Waals surface area contributed by atoms with Crippen LogP contribution in [0.4, 0.5) is 0 Å². The van der Waals surface area contributed by atoms with Gasteiger partial charge in [0.2, 0.25) is 0 Å². The third kappa shape index (κ3) is 3.78. The van der Waals surface area contributed by atoms with Gasteiger partial charge in [0.15, 0.2) is 6.23 Å². The first kappa shape index (κ1) is 18.0. The summed E-state index contributed by atoms with van der Waals surface area (Å²) in [4.78, 5) is 42.4. The number of H-pyrrole nitrogens is 1. The Bertz CT molecular complexity index is 721. The van der Waals surface area contributed by atoms with Gasteiger partial charge in [-0.3, -0.25) is 18.9 Å². The van der Waals surface area contributed by atoms with E-state index in [2.05, 4.69) is 4.52 Å². The van der Waals surface area contributed by atoms with Crippen LogP contribution in [0.1, 0.15) is 13.2 Å². The second-order valence-corrected chi connectivity index (χ2v) is 6.58. The topological polar surface area (TPSA) is 171 Å². The molecule has 5 N–H and O–H groups in total. The molecular formula is C11H17N2O9P. The Morgan fingerprint density at radius 2 is 2.13 bits per heavy atom. The van der Waals surface area contributed by atoms with E-state index in [4.69, 9.17) is 14.5 Å². The smallest absolute Gasteiger partial charge is 0.396 e. The molecule has 1 saturated heterocycles. The molecule has 12 heteroatoms. The van der Waals surface area contributed by atoms with E-state index in [1.165, 1.54) is 6.92 Å². The molecule has 11 nitrogen and oxygen atoms in total. The van der Waals surface area contributed by atoms with Crippen molar-refractivity contribution >= 4 is 7.82 Å². The largest absolute Gasteiger partial charge is 0.469 e. The molecule has 1 aliphatic rings. The van der Waals surface area contributed by atoms with Crippen molar-refractivity contribution in [2.24, 2.45) is 5.92 Å². The average molecular weight is 352 g/mol. The van der Waals surface area contributed by atoms with Gasteiger partial charge in [0.25, 0.3) is 5.56 Å². The number of ether oxygens (including phenoxy) is 1. The molecule has 0 aliphatic carbocycles. The van der Waals surface area contributed by atoms with Gasteiger partial charge in [0, 0.05) is 18.2 Å². The number of rotatable bonds is 5. The number of nitrogens with zero attached hydrogens (tertiary/aromatic N) is 1. The molecule has 1 fully saturated rings. The van der Waals surface area contributed by atoms with Crippen LogP contribution < -0.4 is 11.2 Å². The lowest BCUT2D eigenvalue weighted by Crippen LogP contribution is -2.45. The highest BCUT2D eigenvalue weighted by molar-refractivity contribution is 7.46. The van der Waals surface area contributed by atoms with Crippen LogP contribution in [-0.2, 0) is 13.8 Å². The minimum Gasteiger partial charge on any atom is -0.396 e. The van der Waals surface area contributed by atoms with Crippen molar-refractivity contribution in [3.8, 4) is 0 Å². The second-order valence-electron chi connectivity index (χ2n) is 5.35. The minimum atomic E-state index is -4.76. The molecule has 2 heterocycles. The van der Waals surface area contributed by atoms with Crippen molar-refractivity contribution in [2.45, 2.75) is 24.9 Å². The number of phosphoric acid groups is 1. The quantitative estimate of drug-likeness (QED) is 0.372. The van der Waals surface area contributed by atoms with Crippen molar-refractivity contribution in [3.05, 3.63) is 33.1 Å². The fraction of sp³-hybridized carbons (Fsp3) is 0.636. The highest BCUT2D eigenvalue weighted by Crippen LogP contribution is 2.44. The Labute approximate surface area is 129 Å². The van der Waals surface area contributed by atoms with Gasteiger partial charge in [-0.05, 0) is 6.92 Å². The molecule has 0 saturated carbocycles. The molecule has 2 rings (SSSR count). The highest BCUT2D eigenvalue weighted by atomic mass is 31.2. The van der Waals surface area contributed by atoms with Crippen LogP contribution in [0.3, 0.4) is 0 Å². The Hall–Kier alpha value is -1.33. The SMILES string of the molecule is CC1(O)C(CO)[C@@H](COP(=O)(O)O)O[C@H]1n1ccc(=O)[nH]c1=O. The monoisotopic (exact) mass is 352 g/mol. The summed E-state index contributed by atoms with van der Waals surface area (Å²) in [7, 11) is -4.76.